The molecule has 5 nitrogen and oxygen atoms in total. The molecule has 2 aromatic rings. The fourth-order valence-electron chi connectivity index (χ4n) is 2.52. The van der Waals surface area contributed by atoms with Gasteiger partial charge in [0.2, 0.25) is 11.8 Å². The van der Waals surface area contributed by atoms with E-state index in [0.29, 0.717) is 13.1 Å². The third-order valence-corrected chi connectivity index (χ3v) is 4.03. The Kier molecular flexibility index (Phi) is 7.43. The minimum atomic E-state index is -4.45. The summed E-state index contributed by atoms with van der Waals surface area (Å²) in [6, 6.07) is 14.1. The number of nitrogens with zero attached hydrogens (tertiary/aromatic N) is 1. The zero-order valence-electron chi connectivity index (χ0n) is 15.4. The van der Waals surface area contributed by atoms with Crippen LogP contribution in [0.1, 0.15) is 18.1 Å². The number of rotatable bonds is 8. The second kappa shape index (κ2) is 9.77. The van der Waals surface area contributed by atoms with Crippen LogP contribution < -0.4 is 10.6 Å². The summed E-state index contributed by atoms with van der Waals surface area (Å²) < 4.78 is 38.1. The maximum Gasteiger partial charge on any atom is 0.416 e. The Hall–Kier alpha value is -3.03. The van der Waals surface area contributed by atoms with Gasteiger partial charge in [-0.25, -0.2) is 0 Å². The molecule has 0 saturated heterocycles. The van der Waals surface area contributed by atoms with E-state index in [1.54, 1.807) is 4.90 Å². The second-order valence-electron chi connectivity index (χ2n) is 6.10. The number of carbonyl (C=O) groups is 2. The van der Waals surface area contributed by atoms with E-state index in [0.717, 1.165) is 17.7 Å². The van der Waals surface area contributed by atoms with Crippen molar-refractivity contribution in [3.8, 4) is 0 Å². The summed E-state index contributed by atoms with van der Waals surface area (Å²) in [4.78, 5) is 25.8. The molecule has 8 heteroatoms. The Morgan fingerprint density at radius 3 is 2.36 bits per heavy atom. The van der Waals surface area contributed by atoms with Crippen LogP contribution in [-0.4, -0.2) is 36.3 Å². The van der Waals surface area contributed by atoms with Gasteiger partial charge in [0.05, 0.1) is 18.7 Å². The molecule has 28 heavy (non-hydrogen) atoms. The zero-order chi connectivity index (χ0) is 20.6. The lowest BCUT2D eigenvalue weighted by atomic mass is 10.2. The van der Waals surface area contributed by atoms with Gasteiger partial charge in [0.25, 0.3) is 0 Å². The highest BCUT2D eigenvalue weighted by Crippen LogP contribution is 2.30. The molecule has 150 valence electrons. The van der Waals surface area contributed by atoms with Gasteiger partial charge in [-0.05, 0) is 30.7 Å². The molecule has 0 aliphatic rings. The average molecular weight is 393 g/mol. The van der Waals surface area contributed by atoms with E-state index in [2.05, 4.69) is 10.6 Å². The lowest BCUT2D eigenvalue weighted by molar-refractivity contribution is -0.137. The van der Waals surface area contributed by atoms with Crippen molar-refractivity contribution >= 4 is 17.5 Å². The van der Waals surface area contributed by atoms with Gasteiger partial charge in [-0.2, -0.15) is 13.2 Å². The van der Waals surface area contributed by atoms with Gasteiger partial charge < -0.3 is 15.5 Å². The third-order valence-electron chi connectivity index (χ3n) is 4.03. The van der Waals surface area contributed by atoms with Crippen molar-refractivity contribution in [2.45, 2.75) is 19.6 Å². The Morgan fingerprint density at radius 1 is 1.00 bits per heavy atom. The third kappa shape index (κ3) is 6.61. The minimum absolute atomic E-state index is 0.176. The van der Waals surface area contributed by atoms with E-state index < -0.39 is 17.6 Å². The fraction of sp³-hybridized carbons (Fsp3) is 0.300. The molecule has 2 aromatic carbocycles. The predicted octanol–water partition coefficient (Wildman–Crippen LogP) is 3.28. The van der Waals surface area contributed by atoms with Crippen molar-refractivity contribution < 1.29 is 22.8 Å². The number of likely N-dealkylation sites (N-methyl/N-ethyl adjacent to an activating group) is 1. The molecule has 0 spiro atoms. The molecule has 0 bridgehead atoms. The van der Waals surface area contributed by atoms with Crippen LogP contribution >= 0.6 is 0 Å². The van der Waals surface area contributed by atoms with Crippen molar-refractivity contribution in [3.63, 3.8) is 0 Å². The summed E-state index contributed by atoms with van der Waals surface area (Å²) in [5.41, 5.74) is 0.360. The average Bonchev–Trinajstić information content (AvgIpc) is 2.69. The fourth-order valence-corrected chi connectivity index (χ4v) is 2.52. The lowest BCUT2D eigenvalue weighted by Gasteiger charge is -2.21. The van der Waals surface area contributed by atoms with Crippen LogP contribution in [0, 0.1) is 0 Å². The topological polar surface area (TPSA) is 61.4 Å². The maximum atomic E-state index is 12.7. The molecule has 2 amide bonds. The molecular weight excluding hydrogens is 371 g/mol. The van der Waals surface area contributed by atoms with Gasteiger partial charge in [0.15, 0.2) is 0 Å². The number of hydrogen-bond acceptors (Lipinski definition) is 3. The summed E-state index contributed by atoms with van der Waals surface area (Å²) in [5, 5.41) is 5.11. The highest BCUT2D eigenvalue weighted by atomic mass is 19.4. The number of anilines is 1. The number of amides is 2. The highest BCUT2D eigenvalue weighted by molar-refractivity contribution is 5.86. The van der Waals surface area contributed by atoms with Crippen LogP contribution in [0.2, 0.25) is 0 Å². The quantitative estimate of drug-likeness (QED) is 0.724. The van der Waals surface area contributed by atoms with Gasteiger partial charge >= 0.3 is 6.18 Å². The normalized spacial score (nSPS) is 11.0. The number of halogens is 3. The molecule has 0 aliphatic heterocycles. The monoisotopic (exact) mass is 393 g/mol. The van der Waals surface area contributed by atoms with E-state index in [1.165, 1.54) is 12.1 Å². The number of carbonyl (C=O) groups excluding carboxylic acids is 2. The van der Waals surface area contributed by atoms with Crippen molar-refractivity contribution in [1.29, 1.82) is 0 Å². The van der Waals surface area contributed by atoms with Crippen LogP contribution in [0.4, 0.5) is 18.9 Å². The van der Waals surface area contributed by atoms with Crippen molar-refractivity contribution in [3.05, 3.63) is 65.7 Å². The molecule has 0 unspecified atom stereocenters. The van der Waals surface area contributed by atoms with Gasteiger partial charge in [0, 0.05) is 18.8 Å². The summed E-state index contributed by atoms with van der Waals surface area (Å²) in [5.74, 6) is -0.722. The van der Waals surface area contributed by atoms with E-state index >= 15 is 0 Å². The molecular formula is C20H22F3N3O2. The first kappa shape index (κ1) is 21.3. The van der Waals surface area contributed by atoms with Crippen molar-refractivity contribution in [1.82, 2.24) is 10.2 Å². The molecule has 0 radical (unpaired) electrons. The number of benzene rings is 2. The lowest BCUT2D eigenvalue weighted by Crippen LogP contribution is -2.41. The zero-order valence-corrected chi connectivity index (χ0v) is 15.4. The Labute approximate surface area is 161 Å². The van der Waals surface area contributed by atoms with Crippen molar-refractivity contribution in [2.75, 3.05) is 25.0 Å². The van der Waals surface area contributed by atoms with Gasteiger partial charge in [-0.3, -0.25) is 9.59 Å². The number of alkyl halides is 3. The Balaban J connectivity index is 1.80. The molecule has 0 heterocycles. The first-order valence-electron chi connectivity index (χ1n) is 8.79. The Morgan fingerprint density at radius 2 is 1.71 bits per heavy atom. The van der Waals surface area contributed by atoms with E-state index in [1.807, 2.05) is 37.3 Å². The maximum absolute atomic E-state index is 12.7. The number of hydrogen-bond donors (Lipinski definition) is 2. The molecule has 2 N–H and O–H groups in total. The van der Waals surface area contributed by atoms with Crippen LogP contribution in [0.5, 0.6) is 0 Å². The van der Waals surface area contributed by atoms with E-state index in [-0.39, 0.29) is 24.7 Å². The van der Waals surface area contributed by atoms with E-state index in [9.17, 15) is 22.8 Å². The SMILES string of the molecule is CCN(Cc1ccccc1)C(=O)CNC(=O)CNc1cccc(C(F)(F)F)c1. The minimum Gasteiger partial charge on any atom is -0.376 e. The first-order chi connectivity index (χ1) is 13.3. The van der Waals surface area contributed by atoms with Crippen LogP contribution in [0.15, 0.2) is 54.6 Å². The smallest absolute Gasteiger partial charge is 0.376 e. The predicted molar refractivity (Wildman–Crippen MR) is 100 cm³/mol. The van der Waals surface area contributed by atoms with Crippen LogP contribution in [-0.2, 0) is 22.3 Å². The van der Waals surface area contributed by atoms with Crippen LogP contribution in [0.3, 0.4) is 0 Å². The summed E-state index contributed by atoms with van der Waals surface area (Å²) >= 11 is 0. The van der Waals surface area contributed by atoms with Gasteiger partial charge in [-0.15, -0.1) is 0 Å². The van der Waals surface area contributed by atoms with Crippen molar-refractivity contribution in [2.24, 2.45) is 0 Å². The molecule has 0 atom stereocenters. The molecule has 0 fully saturated rings. The Bertz CT molecular complexity index is 795. The first-order valence-corrected chi connectivity index (χ1v) is 8.79. The molecule has 0 aliphatic carbocycles. The molecule has 2 rings (SSSR count). The number of nitrogens with one attached hydrogen (secondary N) is 2. The summed E-state index contributed by atoms with van der Waals surface area (Å²) in [6.45, 7) is 2.36. The standard InChI is InChI=1S/C20H22F3N3O2/c1-2-26(14-15-7-4-3-5-8-15)19(28)13-25-18(27)12-24-17-10-6-9-16(11-17)20(21,22)23/h3-11,24H,2,12-14H2,1H3,(H,25,27). The molecule has 0 aromatic heterocycles. The van der Waals surface area contributed by atoms with Gasteiger partial charge in [0.1, 0.15) is 0 Å². The van der Waals surface area contributed by atoms with E-state index in [4.69, 9.17) is 0 Å². The second-order valence-corrected chi connectivity index (χ2v) is 6.10. The van der Waals surface area contributed by atoms with Gasteiger partial charge in [-0.1, -0.05) is 36.4 Å². The highest BCUT2D eigenvalue weighted by Gasteiger charge is 2.30. The van der Waals surface area contributed by atoms with Crippen LogP contribution in [0.25, 0.3) is 0 Å². The summed E-state index contributed by atoms with van der Waals surface area (Å²) in [6.07, 6.45) is -4.45. The molecule has 0 saturated carbocycles. The summed E-state index contributed by atoms with van der Waals surface area (Å²) in [7, 11) is 0. The largest absolute Gasteiger partial charge is 0.416 e.